The summed E-state index contributed by atoms with van der Waals surface area (Å²) in [5.74, 6) is -1.63. The smallest absolute Gasteiger partial charge is 0.375 e. The van der Waals surface area contributed by atoms with E-state index in [0.29, 0.717) is 11.6 Å². The normalized spacial score (nSPS) is 12.2. The minimum absolute atomic E-state index is 0.0363. The number of halogens is 4. The van der Waals surface area contributed by atoms with Crippen molar-refractivity contribution in [2.24, 2.45) is 0 Å². The highest BCUT2D eigenvalue weighted by molar-refractivity contribution is 7.88. The van der Waals surface area contributed by atoms with Gasteiger partial charge in [0.15, 0.2) is 5.75 Å². The fourth-order valence-electron chi connectivity index (χ4n) is 1.70. The first-order valence-corrected chi connectivity index (χ1v) is 7.38. The molecule has 8 heteroatoms. The lowest BCUT2D eigenvalue weighted by Gasteiger charge is -2.13. The molecule has 2 rings (SSSR count). The van der Waals surface area contributed by atoms with E-state index in [1.807, 2.05) is 0 Å². The van der Waals surface area contributed by atoms with Gasteiger partial charge in [0.05, 0.1) is 0 Å². The van der Waals surface area contributed by atoms with E-state index in [-0.39, 0.29) is 5.56 Å². The van der Waals surface area contributed by atoms with Crippen molar-refractivity contribution < 1.29 is 30.2 Å². The maximum Gasteiger partial charge on any atom is 0.534 e. The van der Waals surface area contributed by atoms with E-state index in [0.717, 1.165) is 17.7 Å². The summed E-state index contributed by atoms with van der Waals surface area (Å²) in [6.45, 7) is 1.81. The highest BCUT2D eigenvalue weighted by Gasteiger charge is 2.48. The molecule has 0 bridgehead atoms. The molecule has 2 aromatic rings. The predicted octanol–water partition coefficient (Wildman–Crippen LogP) is 4.03. The molecule has 0 saturated carbocycles. The minimum atomic E-state index is -5.87. The summed E-state index contributed by atoms with van der Waals surface area (Å²) >= 11 is 0. The third kappa shape index (κ3) is 3.38. The molecule has 0 unspecified atom stereocenters. The van der Waals surface area contributed by atoms with Crippen molar-refractivity contribution >= 4 is 10.1 Å². The van der Waals surface area contributed by atoms with Crippen LogP contribution >= 0.6 is 0 Å². The average Bonchev–Trinajstić information content (AvgIpc) is 2.38. The molecule has 0 aliphatic carbocycles. The van der Waals surface area contributed by atoms with E-state index >= 15 is 0 Å². The molecule has 0 atom stereocenters. The van der Waals surface area contributed by atoms with E-state index in [2.05, 4.69) is 4.18 Å². The van der Waals surface area contributed by atoms with Crippen LogP contribution in [0.3, 0.4) is 0 Å². The number of hydrogen-bond acceptors (Lipinski definition) is 3. The van der Waals surface area contributed by atoms with Gasteiger partial charge >= 0.3 is 15.6 Å². The third-order valence-corrected chi connectivity index (χ3v) is 3.76. The minimum Gasteiger partial charge on any atom is -0.375 e. The summed E-state index contributed by atoms with van der Waals surface area (Å²) < 4.78 is 76.7. The van der Waals surface area contributed by atoms with E-state index in [1.54, 1.807) is 31.2 Å². The van der Waals surface area contributed by atoms with Crippen molar-refractivity contribution in [3.8, 4) is 16.9 Å². The number of hydrogen-bond donors (Lipinski definition) is 0. The number of alkyl halides is 3. The molecule has 0 spiro atoms. The van der Waals surface area contributed by atoms with Crippen molar-refractivity contribution in [2.75, 3.05) is 0 Å². The maximum absolute atomic E-state index is 13.2. The zero-order valence-corrected chi connectivity index (χ0v) is 12.0. The van der Waals surface area contributed by atoms with Gasteiger partial charge in [-0.2, -0.15) is 21.6 Å². The Morgan fingerprint density at radius 1 is 1.00 bits per heavy atom. The highest BCUT2D eigenvalue weighted by atomic mass is 32.2. The highest BCUT2D eigenvalue weighted by Crippen LogP contribution is 2.35. The van der Waals surface area contributed by atoms with Crippen LogP contribution in [0.1, 0.15) is 5.56 Å². The summed E-state index contributed by atoms with van der Waals surface area (Å²) in [5.41, 5.74) is -4.26. The van der Waals surface area contributed by atoms with Gasteiger partial charge in [0.1, 0.15) is 5.82 Å². The van der Waals surface area contributed by atoms with Crippen molar-refractivity contribution in [3.05, 3.63) is 53.8 Å². The molecule has 2 aromatic carbocycles. The Hall–Kier alpha value is -2.09. The number of aryl methyl sites for hydroxylation is 1. The topological polar surface area (TPSA) is 43.4 Å². The quantitative estimate of drug-likeness (QED) is 0.483. The van der Waals surface area contributed by atoms with E-state index in [4.69, 9.17) is 0 Å². The molecule has 0 aliphatic rings. The van der Waals surface area contributed by atoms with Crippen molar-refractivity contribution in [2.45, 2.75) is 12.4 Å². The first-order chi connectivity index (χ1) is 10.1. The molecule has 3 nitrogen and oxygen atoms in total. The van der Waals surface area contributed by atoms with Crippen molar-refractivity contribution in [1.29, 1.82) is 0 Å². The summed E-state index contributed by atoms with van der Waals surface area (Å²) in [7, 11) is -5.87. The van der Waals surface area contributed by atoms with Crippen molar-refractivity contribution in [3.63, 3.8) is 0 Å². The average molecular weight is 334 g/mol. The molecule has 0 N–H and O–H groups in total. The zero-order valence-electron chi connectivity index (χ0n) is 11.2. The summed E-state index contributed by atoms with van der Waals surface area (Å²) in [6.07, 6.45) is 0. The fourth-order valence-corrected chi connectivity index (χ4v) is 2.17. The Morgan fingerprint density at radius 2 is 1.59 bits per heavy atom. The predicted molar refractivity (Wildman–Crippen MR) is 72.2 cm³/mol. The second kappa shape index (κ2) is 5.60. The summed E-state index contributed by atoms with van der Waals surface area (Å²) in [5, 5.41) is 0. The summed E-state index contributed by atoms with van der Waals surface area (Å²) in [6, 6.07) is 9.24. The fraction of sp³-hybridized carbons (Fsp3) is 0.143. The van der Waals surface area contributed by atoms with Gasteiger partial charge in [0.2, 0.25) is 0 Å². The van der Waals surface area contributed by atoms with Gasteiger partial charge in [-0.1, -0.05) is 29.8 Å². The Bertz CT molecular complexity index is 781. The molecule has 0 radical (unpaired) electrons. The van der Waals surface area contributed by atoms with Crippen molar-refractivity contribution in [1.82, 2.24) is 0 Å². The molecule has 0 aromatic heterocycles. The lowest BCUT2D eigenvalue weighted by atomic mass is 10.0. The van der Waals surface area contributed by atoms with Gasteiger partial charge in [-0.25, -0.2) is 4.39 Å². The van der Waals surface area contributed by atoms with Crippen LogP contribution < -0.4 is 4.18 Å². The first-order valence-electron chi connectivity index (χ1n) is 5.97. The van der Waals surface area contributed by atoms with Crippen LogP contribution in [0.2, 0.25) is 0 Å². The molecule has 0 aliphatic heterocycles. The van der Waals surface area contributed by atoms with Crippen LogP contribution in [0.25, 0.3) is 11.1 Å². The Balaban J connectivity index is 2.52. The van der Waals surface area contributed by atoms with Crippen LogP contribution in [-0.2, 0) is 10.1 Å². The van der Waals surface area contributed by atoms with Gasteiger partial charge in [0.25, 0.3) is 0 Å². The lowest BCUT2D eigenvalue weighted by molar-refractivity contribution is -0.0499. The SMILES string of the molecule is Cc1ccc(-c2ccc(F)cc2OS(=O)(=O)C(F)(F)F)cc1. The summed E-state index contributed by atoms with van der Waals surface area (Å²) in [4.78, 5) is 0. The van der Waals surface area contributed by atoms with Crippen LogP contribution in [0.15, 0.2) is 42.5 Å². The van der Waals surface area contributed by atoms with Crippen LogP contribution in [0.5, 0.6) is 5.75 Å². The Morgan fingerprint density at radius 3 is 2.14 bits per heavy atom. The van der Waals surface area contributed by atoms with Gasteiger partial charge < -0.3 is 4.18 Å². The van der Waals surface area contributed by atoms with Gasteiger partial charge in [-0.05, 0) is 24.6 Å². The number of benzene rings is 2. The van der Waals surface area contributed by atoms with Crippen LogP contribution in [0, 0.1) is 12.7 Å². The zero-order chi connectivity index (χ0) is 16.5. The van der Waals surface area contributed by atoms with Gasteiger partial charge in [-0.15, -0.1) is 0 Å². The van der Waals surface area contributed by atoms with Gasteiger partial charge in [0, 0.05) is 11.6 Å². The number of rotatable bonds is 3. The molecular formula is C14H10F4O3S. The largest absolute Gasteiger partial charge is 0.534 e. The van der Waals surface area contributed by atoms with E-state index in [9.17, 15) is 26.0 Å². The molecule has 0 saturated heterocycles. The molecule has 22 heavy (non-hydrogen) atoms. The molecule has 0 fully saturated rings. The molecule has 118 valence electrons. The lowest BCUT2D eigenvalue weighted by Crippen LogP contribution is -2.28. The Labute approximate surface area is 124 Å². The van der Waals surface area contributed by atoms with Gasteiger partial charge in [-0.3, -0.25) is 0 Å². The Kier molecular flexibility index (Phi) is 4.15. The monoisotopic (exact) mass is 334 g/mol. The molecule has 0 amide bonds. The van der Waals surface area contributed by atoms with Crippen LogP contribution in [-0.4, -0.2) is 13.9 Å². The molecule has 0 heterocycles. The van der Waals surface area contributed by atoms with Crippen LogP contribution in [0.4, 0.5) is 17.6 Å². The second-order valence-corrected chi connectivity index (χ2v) is 6.03. The van der Waals surface area contributed by atoms with E-state index < -0.39 is 27.2 Å². The van der Waals surface area contributed by atoms with E-state index in [1.165, 1.54) is 0 Å². The second-order valence-electron chi connectivity index (χ2n) is 4.49. The first kappa shape index (κ1) is 16.3. The maximum atomic E-state index is 13.2. The molecular weight excluding hydrogens is 324 g/mol. The standard InChI is InChI=1S/C14H10F4O3S/c1-9-2-4-10(5-3-9)12-7-6-11(15)8-13(12)21-22(19,20)14(16,17)18/h2-8H,1H3. The third-order valence-electron chi connectivity index (χ3n) is 2.79.